The maximum absolute atomic E-state index is 12.6. The van der Waals surface area contributed by atoms with E-state index in [4.69, 9.17) is 56.1 Å². The van der Waals surface area contributed by atoms with Gasteiger partial charge in [-0.2, -0.15) is 0 Å². The van der Waals surface area contributed by atoms with Crippen LogP contribution in [0, 0.1) is 0 Å². The zero-order valence-electron chi connectivity index (χ0n) is 26.3. The molecule has 19 atom stereocenters. The fraction of sp³-hybridized carbons (Fsp3) is 0.964. The van der Waals surface area contributed by atoms with E-state index in [1.807, 2.05) is 0 Å². The molecule has 0 unspecified atom stereocenters. The first-order valence-corrected chi connectivity index (χ1v) is 16.3. The van der Waals surface area contributed by atoms with Crippen molar-refractivity contribution >= 4 is 5.91 Å². The molecular formula is C28H51N5O15. The number of carbonyl (C=O) groups is 1. The zero-order chi connectivity index (χ0) is 34.9. The molecule has 48 heavy (non-hydrogen) atoms. The first kappa shape index (κ1) is 38.0. The number of hydrogen-bond donors (Lipinski definition) is 12. The second-order valence-corrected chi connectivity index (χ2v) is 13.1. The van der Waals surface area contributed by atoms with Gasteiger partial charge in [0.1, 0.15) is 73.2 Å². The topological polar surface area (TPSA) is 339 Å². The minimum Gasteiger partial charge on any atom is -0.394 e. The highest BCUT2D eigenvalue weighted by atomic mass is 16.8. The van der Waals surface area contributed by atoms with Gasteiger partial charge in [-0.3, -0.25) is 4.79 Å². The molecule has 4 saturated heterocycles. The molecule has 4 heterocycles. The minimum absolute atomic E-state index is 0.112. The van der Waals surface area contributed by atoms with E-state index in [1.165, 1.54) is 0 Å². The molecule has 20 heteroatoms. The number of rotatable bonds is 4. The average molecular weight is 698 g/mol. The number of nitrogens with one attached hydrogen (secondary N) is 1. The van der Waals surface area contributed by atoms with Gasteiger partial charge in [0.05, 0.1) is 25.3 Å². The molecule has 278 valence electrons. The minimum atomic E-state index is -1.60. The molecule has 16 N–H and O–H groups in total. The summed E-state index contributed by atoms with van der Waals surface area (Å²) >= 11 is 0. The van der Waals surface area contributed by atoms with E-state index in [2.05, 4.69) is 5.32 Å². The number of carbonyl (C=O) groups excluding carboxylic acids is 1. The van der Waals surface area contributed by atoms with E-state index in [0.717, 1.165) is 0 Å². The van der Waals surface area contributed by atoms with Crippen molar-refractivity contribution in [3.63, 3.8) is 0 Å². The summed E-state index contributed by atoms with van der Waals surface area (Å²) in [6.07, 6.45) is -18.8. The summed E-state index contributed by atoms with van der Waals surface area (Å²) in [6.45, 7) is -1.33. The van der Waals surface area contributed by atoms with Crippen LogP contribution in [0.15, 0.2) is 0 Å². The van der Waals surface area contributed by atoms with Crippen molar-refractivity contribution in [1.29, 1.82) is 0 Å². The Labute approximate surface area is 276 Å². The maximum atomic E-state index is 12.6. The van der Waals surface area contributed by atoms with E-state index < -0.39 is 129 Å². The lowest BCUT2D eigenvalue weighted by Gasteiger charge is -2.48. The molecule has 0 spiro atoms. The SMILES string of the molecule is N[C@H]1[C@H]2O[C@H]3[C@@H](O)[C@H](O[C@@H]4[C@@H](OCCCCC(=O)NC[C@H](O2)[C@@H](O)[C@@H]1O)[C@H](N)C[C@H](N)[C@H]4O[C@H]1O[C@H](CO)[C@@H](O)[C@H](O)[C@H]1N)O[C@@H]3CO. The Balaban J connectivity index is 1.42. The third-order valence-corrected chi connectivity index (χ3v) is 9.67. The summed E-state index contributed by atoms with van der Waals surface area (Å²) < 4.78 is 41.9. The average Bonchev–Trinajstić information content (AvgIpc) is 3.35. The van der Waals surface area contributed by atoms with Crippen LogP contribution in [-0.2, 0) is 38.0 Å². The normalized spacial score (nSPS) is 51.3. The van der Waals surface area contributed by atoms with Gasteiger partial charge in [0.15, 0.2) is 18.9 Å². The number of amides is 1. The Morgan fingerprint density at radius 1 is 0.708 bits per heavy atom. The molecule has 1 saturated carbocycles. The van der Waals surface area contributed by atoms with E-state index in [1.54, 1.807) is 0 Å². The Morgan fingerprint density at radius 3 is 2.10 bits per heavy atom. The summed E-state index contributed by atoms with van der Waals surface area (Å²) in [5.74, 6) is -0.344. The van der Waals surface area contributed by atoms with Gasteiger partial charge in [0.2, 0.25) is 5.91 Å². The molecule has 0 aromatic heterocycles. The highest BCUT2D eigenvalue weighted by Crippen LogP contribution is 2.35. The molecule has 5 rings (SSSR count). The number of fused-ring (bicyclic) bond motifs is 5. The predicted octanol–water partition coefficient (Wildman–Crippen LogP) is -7.50. The third-order valence-electron chi connectivity index (χ3n) is 9.67. The van der Waals surface area contributed by atoms with Crippen LogP contribution in [0.2, 0.25) is 0 Å². The summed E-state index contributed by atoms with van der Waals surface area (Å²) in [4.78, 5) is 12.6. The molecule has 4 bridgehead atoms. The molecule has 5 fully saturated rings. The molecule has 20 nitrogen and oxygen atoms in total. The van der Waals surface area contributed by atoms with Gasteiger partial charge in [-0.1, -0.05) is 0 Å². The van der Waals surface area contributed by atoms with E-state index in [-0.39, 0.29) is 31.9 Å². The Hall–Kier alpha value is -1.25. The van der Waals surface area contributed by atoms with E-state index >= 15 is 0 Å². The monoisotopic (exact) mass is 697 g/mol. The van der Waals surface area contributed by atoms with Gasteiger partial charge in [-0.15, -0.1) is 0 Å². The Kier molecular flexibility index (Phi) is 13.0. The van der Waals surface area contributed by atoms with Crippen LogP contribution in [0.5, 0.6) is 0 Å². The molecule has 0 aromatic rings. The summed E-state index contributed by atoms with van der Waals surface area (Å²) in [6, 6.07) is -4.10. The standard InChI is InChI=1S/C28H51N5O15/c29-9-5-10(30)23(46-27-16(32)20(40)18(38)12(7-34)44-27)25-22(9)42-4-2-1-3-14(36)33-6-11-17(37)19(39)15(31)26(43-11)47-24-13(8-35)45-28(48-25)21(24)41/h9-13,15-28,34-35,37-41H,1-8,29-32H2,(H,33,36)/t9-,10+,11+,12-,13-,15-,16-,17-,18-,19-,20-,21-,22+,23-,24-,25-,26-,27-,28+/m1/s1. The molecule has 0 aromatic carbocycles. The summed E-state index contributed by atoms with van der Waals surface area (Å²) in [5, 5.41) is 75.9. The second kappa shape index (κ2) is 16.4. The first-order chi connectivity index (χ1) is 22.9. The van der Waals surface area contributed by atoms with Gasteiger partial charge in [-0.25, -0.2) is 0 Å². The zero-order valence-corrected chi connectivity index (χ0v) is 26.3. The quantitative estimate of drug-likeness (QED) is 0.130. The molecule has 0 radical (unpaired) electrons. The van der Waals surface area contributed by atoms with Crippen molar-refractivity contribution in [1.82, 2.24) is 5.32 Å². The third kappa shape index (κ3) is 7.96. The van der Waals surface area contributed by atoms with Crippen LogP contribution in [0.4, 0.5) is 0 Å². The van der Waals surface area contributed by atoms with Crippen molar-refractivity contribution in [2.24, 2.45) is 22.9 Å². The van der Waals surface area contributed by atoms with Crippen molar-refractivity contribution in [2.75, 3.05) is 26.4 Å². The van der Waals surface area contributed by atoms with Gasteiger partial charge in [-0.05, 0) is 19.3 Å². The van der Waals surface area contributed by atoms with Gasteiger partial charge < -0.3 is 97.2 Å². The van der Waals surface area contributed by atoms with E-state index in [9.17, 15) is 40.5 Å². The van der Waals surface area contributed by atoms with E-state index in [0.29, 0.717) is 12.8 Å². The highest BCUT2D eigenvalue weighted by Gasteiger charge is 2.55. The first-order valence-electron chi connectivity index (χ1n) is 16.3. The lowest BCUT2D eigenvalue weighted by atomic mass is 9.84. The van der Waals surface area contributed by atoms with Crippen molar-refractivity contribution in [3.05, 3.63) is 0 Å². The van der Waals surface area contributed by atoms with Crippen LogP contribution >= 0.6 is 0 Å². The largest absolute Gasteiger partial charge is 0.394 e. The number of nitrogens with two attached hydrogens (primary N) is 4. The maximum Gasteiger partial charge on any atom is 0.220 e. The number of hydrogen-bond acceptors (Lipinski definition) is 19. The molecule has 1 aliphatic carbocycles. The lowest BCUT2D eigenvalue weighted by Crippen LogP contribution is -2.68. The van der Waals surface area contributed by atoms with Gasteiger partial charge in [0.25, 0.3) is 0 Å². The smallest absolute Gasteiger partial charge is 0.220 e. The van der Waals surface area contributed by atoms with Crippen LogP contribution in [-0.4, -0.2) is 184 Å². The van der Waals surface area contributed by atoms with Crippen LogP contribution < -0.4 is 28.3 Å². The predicted molar refractivity (Wildman–Crippen MR) is 158 cm³/mol. The second-order valence-electron chi connectivity index (χ2n) is 13.1. The fourth-order valence-electron chi connectivity index (χ4n) is 6.79. The summed E-state index contributed by atoms with van der Waals surface area (Å²) in [5.41, 5.74) is 25.3. The van der Waals surface area contributed by atoms with Gasteiger partial charge >= 0.3 is 0 Å². The molecule has 1 amide bonds. The molecule has 4 aliphatic heterocycles. The Bertz CT molecular complexity index is 1050. The molecular weight excluding hydrogens is 646 g/mol. The van der Waals surface area contributed by atoms with Crippen molar-refractivity contribution in [3.8, 4) is 0 Å². The number of ether oxygens (including phenoxy) is 7. The number of aliphatic hydroxyl groups excluding tert-OH is 7. The lowest BCUT2D eigenvalue weighted by molar-refractivity contribution is -0.313. The van der Waals surface area contributed by atoms with Crippen LogP contribution in [0.1, 0.15) is 25.7 Å². The summed E-state index contributed by atoms with van der Waals surface area (Å²) in [7, 11) is 0. The van der Waals surface area contributed by atoms with Crippen molar-refractivity contribution < 1.29 is 73.7 Å². The van der Waals surface area contributed by atoms with Crippen LogP contribution in [0.25, 0.3) is 0 Å². The van der Waals surface area contributed by atoms with Gasteiger partial charge in [0, 0.05) is 31.7 Å². The van der Waals surface area contributed by atoms with Crippen molar-refractivity contribution in [2.45, 2.75) is 142 Å². The Morgan fingerprint density at radius 2 is 1.40 bits per heavy atom. The number of aliphatic hydroxyl groups is 7. The van der Waals surface area contributed by atoms with Crippen LogP contribution in [0.3, 0.4) is 0 Å². The fourth-order valence-corrected chi connectivity index (χ4v) is 6.79. The highest BCUT2D eigenvalue weighted by molar-refractivity contribution is 5.75. The molecule has 5 aliphatic rings.